The van der Waals surface area contributed by atoms with Crippen molar-refractivity contribution in [3.8, 4) is 11.5 Å². The van der Waals surface area contributed by atoms with Gasteiger partial charge in [-0.3, -0.25) is 0 Å². The average molecular weight is 390 g/mol. The Bertz CT molecular complexity index is 544. The van der Waals surface area contributed by atoms with Crippen LogP contribution in [0.4, 0.5) is 4.39 Å². The van der Waals surface area contributed by atoms with E-state index in [2.05, 4.69) is 31.9 Å². The summed E-state index contributed by atoms with van der Waals surface area (Å²) >= 11 is 6.61. The molecule has 0 amide bonds. The maximum atomic E-state index is 13.4. The number of hydrogen-bond donors (Lipinski definition) is 0. The molecule has 2 aromatic carbocycles. The molecule has 19 heavy (non-hydrogen) atoms. The molecule has 0 unspecified atom stereocenters. The third-order valence-corrected chi connectivity index (χ3v) is 3.34. The summed E-state index contributed by atoms with van der Waals surface area (Å²) in [6, 6.07) is 12.1. The van der Waals surface area contributed by atoms with Crippen LogP contribution >= 0.6 is 31.9 Å². The predicted octanol–water partition coefficient (Wildman–Crippen LogP) is 4.81. The van der Waals surface area contributed by atoms with Gasteiger partial charge in [0.05, 0.1) is 0 Å². The van der Waals surface area contributed by atoms with E-state index in [1.807, 2.05) is 24.3 Å². The molecule has 0 fully saturated rings. The van der Waals surface area contributed by atoms with Crippen molar-refractivity contribution in [1.82, 2.24) is 0 Å². The van der Waals surface area contributed by atoms with Crippen molar-refractivity contribution in [3.63, 3.8) is 0 Å². The lowest BCUT2D eigenvalue weighted by atomic mass is 10.3. The Balaban J connectivity index is 1.80. The maximum absolute atomic E-state index is 13.4. The van der Waals surface area contributed by atoms with Gasteiger partial charge in [-0.05, 0) is 42.5 Å². The standard InChI is InChI=1S/C14H11Br2FO2/c15-10-1-4-12(5-2-10)18-7-8-19-14-9-11(16)3-6-13(14)17/h1-6,9H,7-8H2. The molecular weight excluding hydrogens is 379 g/mol. The molecule has 0 radical (unpaired) electrons. The summed E-state index contributed by atoms with van der Waals surface area (Å²) in [4.78, 5) is 0. The van der Waals surface area contributed by atoms with Gasteiger partial charge >= 0.3 is 0 Å². The Kier molecular flexibility index (Phi) is 5.22. The molecule has 0 saturated heterocycles. The summed E-state index contributed by atoms with van der Waals surface area (Å²) in [7, 11) is 0. The topological polar surface area (TPSA) is 18.5 Å². The van der Waals surface area contributed by atoms with Crippen LogP contribution in [-0.2, 0) is 0 Å². The summed E-state index contributed by atoms with van der Waals surface area (Å²) in [5.74, 6) is 0.585. The second kappa shape index (κ2) is 6.91. The van der Waals surface area contributed by atoms with Crippen molar-refractivity contribution >= 4 is 31.9 Å². The van der Waals surface area contributed by atoms with Crippen molar-refractivity contribution in [2.45, 2.75) is 0 Å². The summed E-state index contributed by atoms with van der Waals surface area (Å²) in [6.07, 6.45) is 0. The van der Waals surface area contributed by atoms with E-state index in [1.165, 1.54) is 6.07 Å². The van der Waals surface area contributed by atoms with E-state index >= 15 is 0 Å². The van der Waals surface area contributed by atoms with E-state index in [1.54, 1.807) is 12.1 Å². The molecule has 2 nitrogen and oxygen atoms in total. The van der Waals surface area contributed by atoms with Gasteiger partial charge in [0.15, 0.2) is 11.6 Å². The quantitative estimate of drug-likeness (QED) is 0.683. The molecular formula is C14H11Br2FO2. The number of halogens is 3. The molecule has 0 bridgehead atoms. The van der Waals surface area contributed by atoms with E-state index in [0.29, 0.717) is 6.61 Å². The van der Waals surface area contributed by atoms with Gasteiger partial charge in [-0.1, -0.05) is 31.9 Å². The van der Waals surface area contributed by atoms with Crippen molar-refractivity contribution in [1.29, 1.82) is 0 Å². The summed E-state index contributed by atoms with van der Waals surface area (Å²) in [5.41, 5.74) is 0. The first-order valence-electron chi connectivity index (χ1n) is 5.61. The van der Waals surface area contributed by atoms with Crippen LogP contribution in [0.15, 0.2) is 51.4 Å². The van der Waals surface area contributed by atoms with Gasteiger partial charge in [0.2, 0.25) is 0 Å². The largest absolute Gasteiger partial charge is 0.490 e. The van der Waals surface area contributed by atoms with E-state index in [9.17, 15) is 4.39 Å². The number of hydrogen-bond acceptors (Lipinski definition) is 2. The second-order valence-corrected chi connectivity index (χ2v) is 5.56. The zero-order valence-corrected chi connectivity index (χ0v) is 13.1. The zero-order chi connectivity index (χ0) is 13.7. The van der Waals surface area contributed by atoms with Gasteiger partial charge in [0.25, 0.3) is 0 Å². The molecule has 2 aromatic rings. The Morgan fingerprint density at radius 1 is 0.842 bits per heavy atom. The molecule has 0 spiro atoms. The predicted molar refractivity (Wildman–Crippen MR) is 79.2 cm³/mol. The summed E-state index contributed by atoms with van der Waals surface area (Å²) < 4.78 is 25.9. The Morgan fingerprint density at radius 3 is 2.21 bits per heavy atom. The van der Waals surface area contributed by atoms with E-state index in [4.69, 9.17) is 9.47 Å². The molecule has 100 valence electrons. The van der Waals surface area contributed by atoms with E-state index < -0.39 is 0 Å². The van der Waals surface area contributed by atoms with Crippen LogP contribution in [0.5, 0.6) is 11.5 Å². The van der Waals surface area contributed by atoms with E-state index in [0.717, 1.165) is 14.7 Å². The third-order valence-electron chi connectivity index (χ3n) is 2.32. The fourth-order valence-corrected chi connectivity index (χ4v) is 2.03. The van der Waals surface area contributed by atoms with Crippen LogP contribution in [-0.4, -0.2) is 13.2 Å². The molecule has 0 aliphatic carbocycles. The maximum Gasteiger partial charge on any atom is 0.165 e. The first kappa shape index (κ1) is 14.3. The minimum Gasteiger partial charge on any atom is -0.490 e. The Labute approximate surface area is 127 Å². The number of ether oxygens (including phenoxy) is 2. The lowest BCUT2D eigenvalue weighted by molar-refractivity contribution is 0.211. The molecule has 0 N–H and O–H groups in total. The molecule has 0 heterocycles. The summed E-state index contributed by atoms with van der Waals surface area (Å²) in [5, 5.41) is 0. The first-order chi connectivity index (χ1) is 9.15. The van der Waals surface area contributed by atoms with Gasteiger partial charge in [-0.15, -0.1) is 0 Å². The highest BCUT2D eigenvalue weighted by Gasteiger charge is 2.03. The third kappa shape index (κ3) is 4.51. The minimum absolute atomic E-state index is 0.216. The molecule has 0 aromatic heterocycles. The zero-order valence-electron chi connectivity index (χ0n) is 9.91. The normalized spacial score (nSPS) is 10.3. The van der Waals surface area contributed by atoms with Crippen molar-refractivity contribution < 1.29 is 13.9 Å². The molecule has 0 aliphatic heterocycles. The van der Waals surface area contributed by atoms with Gasteiger partial charge in [-0.2, -0.15) is 0 Å². The van der Waals surface area contributed by atoms with Crippen molar-refractivity contribution in [2.75, 3.05) is 13.2 Å². The monoisotopic (exact) mass is 388 g/mol. The van der Waals surface area contributed by atoms with Crippen LogP contribution < -0.4 is 9.47 Å². The van der Waals surface area contributed by atoms with Crippen LogP contribution in [0.1, 0.15) is 0 Å². The van der Waals surface area contributed by atoms with Gasteiger partial charge in [0, 0.05) is 8.95 Å². The number of rotatable bonds is 5. The van der Waals surface area contributed by atoms with Crippen LogP contribution in [0.3, 0.4) is 0 Å². The van der Waals surface area contributed by atoms with Crippen LogP contribution in [0.2, 0.25) is 0 Å². The molecule has 0 atom stereocenters. The van der Waals surface area contributed by atoms with E-state index in [-0.39, 0.29) is 18.2 Å². The number of benzene rings is 2. The van der Waals surface area contributed by atoms with Gasteiger partial charge in [0.1, 0.15) is 19.0 Å². The van der Waals surface area contributed by atoms with Crippen LogP contribution in [0, 0.1) is 5.82 Å². The van der Waals surface area contributed by atoms with Gasteiger partial charge in [-0.25, -0.2) is 4.39 Å². The molecule has 0 aliphatic rings. The van der Waals surface area contributed by atoms with Crippen molar-refractivity contribution in [2.24, 2.45) is 0 Å². The van der Waals surface area contributed by atoms with Crippen molar-refractivity contribution in [3.05, 3.63) is 57.2 Å². The molecule has 0 saturated carbocycles. The van der Waals surface area contributed by atoms with Crippen LogP contribution in [0.25, 0.3) is 0 Å². The Morgan fingerprint density at radius 2 is 1.47 bits per heavy atom. The highest BCUT2D eigenvalue weighted by Crippen LogP contribution is 2.22. The van der Waals surface area contributed by atoms with Gasteiger partial charge < -0.3 is 9.47 Å². The lowest BCUT2D eigenvalue weighted by Gasteiger charge is -2.09. The molecule has 2 rings (SSSR count). The highest BCUT2D eigenvalue weighted by atomic mass is 79.9. The second-order valence-electron chi connectivity index (χ2n) is 3.73. The summed E-state index contributed by atoms with van der Waals surface area (Å²) in [6.45, 7) is 0.636. The fraction of sp³-hybridized carbons (Fsp3) is 0.143. The smallest absolute Gasteiger partial charge is 0.165 e. The SMILES string of the molecule is Fc1ccc(Br)cc1OCCOc1ccc(Br)cc1. The molecule has 5 heteroatoms. The minimum atomic E-state index is -0.383. The average Bonchev–Trinajstić information content (AvgIpc) is 2.40. The Hall–Kier alpha value is -1.07. The lowest BCUT2D eigenvalue weighted by Crippen LogP contribution is -2.09. The first-order valence-corrected chi connectivity index (χ1v) is 7.20. The highest BCUT2D eigenvalue weighted by molar-refractivity contribution is 9.10. The fourth-order valence-electron chi connectivity index (χ4n) is 1.43.